The molecule has 6 nitrogen and oxygen atoms in total. The van der Waals surface area contributed by atoms with Gasteiger partial charge in [-0.15, -0.1) is 0 Å². The molecule has 0 saturated heterocycles. The molecule has 0 spiro atoms. The van der Waals surface area contributed by atoms with Gasteiger partial charge in [0.15, 0.2) is 0 Å². The Labute approximate surface area is 226 Å². The number of hydrogen-bond acceptors (Lipinski definition) is 6. The van der Waals surface area contributed by atoms with Crippen LogP contribution in [0.2, 0.25) is 0 Å². The van der Waals surface area contributed by atoms with Crippen molar-refractivity contribution in [1.29, 1.82) is 0 Å². The number of nitrogens with zero attached hydrogens (tertiary/aromatic N) is 1. The molecule has 8 heteroatoms. The largest absolute Gasteiger partial charge is 0.480 e. The van der Waals surface area contributed by atoms with Crippen LogP contribution in [0.25, 0.3) is 0 Å². The van der Waals surface area contributed by atoms with Gasteiger partial charge in [0.1, 0.15) is 6.04 Å². The standard InChI is InChI=1S/C29H32N2O4S2/c1-31(2)25-15-13-22(14-16-25)18-36-20-26(28(33)34)30-27(32)24(17-21-9-5-3-6-10-21)19-37-29(35)23-11-7-4-8-12-23/h3-16,24,26H,17-20H2,1-2H3,(H,30,32)(H,33,34)/t24?,26-/m0/s1. The van der Waals surface area contributed by atoms with E-state index >= 15 is 0 Å². The summed E-state index contributed by atoms with van der Waals surface area (Å²) in [4.78, 5) is 39.8. The Kier molecular flexibility index (Phi) is 11.1. The van der Waals surface area contributed by atoms with Gasteiger partial charge in [-0.3, -0.25) is 9.59 Å². The topological polar surface area (TPSA) is 86.7 Å². The van der Waals surface area contributed by atoms with Crippen LogP contribution >= 0.6 is 23.5 Å². The third kappa shape index (κ3) is 9.30. The lowest BCUT2D eigenvalue weighted by Gasteiger charge is -2.20. The van der Waals surface area contributed by atoms with E-state index in [0.717, 1.165) is 28.6 Å². The van der Waals surface area contributed by atoms with Gasteiger partial charge in [-0.25, -0.2) is 4.79 Å². The molecule has 0 aromatic heterocycles. The Morgan fingerprint density at radius 2 is 1.46 bits per heavy atom. The van der Waals surface area contributed by atoms with E-state index in [1.165, 1.54) is 11.8 Å². The fourth-order valence-corrected chi connectivity index (χ4v) is 5.54. The normalized spacial score (nSPS) is 12.4. The Hall–Kier alpha value is -3.23. The zero-order valence-corrected chi connectivity index (χ0v) is 22.6. The van der Waals surface area contributed by atoms with E-state index in [2.05, 4.69) is 5.32 Å². The minimum atomic E-state index is -1.07. The van der Waals surface area contributed by atoms with Crippen molar-refractivity contribution < 1.29 is 19.5 Å². The van der Waals surface area contributed by atoms with Crippen LogP contribution in [0.15, 0.2) is 84.9 Å². The van der Waals surface area contributed by atoms with Gasteiger partial charge in [-0.1, -0.05) is 84.6 Å². The number of carboxylic acids is 1. The molecule has 37 heavy (non-hydrogen) atoms. The number of aliphatic carboxylic acids is 1. The fourth-order valence-electron chi connectivity index (χ4n) is 3.61. The molecule has 0 heterocycles. The number of anilines is 1. The SMILES string of the molecule is CN(C)c1ccc(CSC[C@H](NC(=O)C(CSC(=O)c2ccccc2)Cc2ccccc2)C(=O)O)cc1. The minimum Gasteiger partial charge on any atom is -0.480 e. The van der Waals surface area contributed by atoms with Gasteiger partial charge in [0.25, 0.3) is 0 Å². The average molecular weight is 537 g/mol. The van der Waals surface area contributed by atoms with E-state index in [-0.39, 0.29) is 22.5 Å². The smallest absolute Gasteiger partial charge is 0.327 e. The lowest BCUT2D eigenvalue weighted by atomic mass is 10.00. The minimum absolute atomic E-state index is 0.114. The molecule has 1 amide bonds. The van der Waals surface area contributed by atoms with Gasteiger partial charge < -0.3 is 15.3 Å². The number of carbonyl (C=O) groups is 3. The highest BCUT2D eigenvalue weighted by molar-refractivity contribution is 8.14. The molecule has 0 radical (unpaired) electrons. The summed E-state index contributed by atoms with van der Waals surface area (Å²) in [6.45, 7) is 0. The molecule has 0 saturated carbocycles. The van der Waals surface area contributed by atoms with Gasteiger partial charge in [0.05, 0.1) is 5.92 Å². The van der Waals surface area contributed by atoms with Crippen molar-refractivity contribution in [3.05, 3.63) is 102 Å². The lowest BCUT2D eigenvalue weighted by Crippen LogP contribution is -2.46. The number of carbonyl (C=O) groups excluding carboxylic acids is 2. The number of benzene rings is 3. The summed E-state index contributed by atoms with van der Waals surface area (Å²) in [5, 5.41) is 12.4. The van der Waals surface area contributed by atoms with Crippen molar-refractivity contribution in [2.75, 3.05) is 30.5 Å². The second-order valence-electron chi connectivity index (χ2n) is 8.83. The van der Waals surface area contributed by atoms with E-state index in [4.69, 9.17) is 0 Å². The molecular formula is C29H32N2O4S2. The molecule has 2 atom stereocenters. The second kappa shape index (κ2) is 14.5. The van der Waals surface area contributed by atoms with E-state index < -0.39 is 17.9 Å². The fraction of sp³-hybridized carbons (Fsp3) is 0.276. The van der Waals surface area contributed by atoms with Crippen LogP contribution in [0.4, 0.5) is 5.69 Å². The number of nitrogens with one attached hydrogen (secondary N) is 1. The summed E-state index contributed by atoms with van der Waals surface area (Å²) in [5.74, 6) is -0.847. The summed E-state index contributed by atoms with van der Waals surface area (Å²) in [6.07, 6.45) is 0.416. The molecule has 2 N–H and O–H groups in total. The van der Waals surface area contributed by atoms with Crippen LogP contribution in [0.5, 0.6) is 0 Å². The molecule has 3 aromatic carbocycles. The number of hydrogen-bond donors (Lipinski definition) is 2. The lowest BCUT2D eigenvalue weighted by molar-refractivity contribution is -0.141. The molecular weight excluding hydrogens is 504 g/mol. The van der Waals surface area contributed by atoms with E-state index in [0.29, 0.717) is 17.7 Å². The van der Waals surface area contributed by atoms with E-state index in [1.807, 2.05) is 79.7 Å². The number of rotatable bonds is 13. The number of carboxylic acid groups (broad SMARTS) is 1. The third-order valence-electron chi connectivity index (χ3n) is 5.74. The maximum atomic E-state index is 13.2. The highest BCUT2D eigenvalue weighted by atomic mass is 32.2. The van der Waals surface area contributed by atoms with Crippen LogP contribution in [0.1, 0.15) is 21.5 Å². The van der Waals surface area contributed by atoms with Gasteiger partial charge >= 0.3 is 5.97 Å². The van der Waals surface area contributed by atoms with E-state index in [9.17, 15) is 19.5 Å². The molecule has 0 bridgehead atoms. The van der Waals surface area contributed by atoms with Crippen LogP contribution in [0, 0.1) is 5.92 Å². The number of thioether (sulfide) groups is 2. The van der Waals surface area contributed by atoms with Crippen LogP contribution in [0.3, 0.4) is 0 Å². The molecule has 0 aliphatic rings. The maximum Gasteiger partial charge on any atom is 0.327 e. The summed E-state index contributed by atoms with van der Waals surface area (Å²) in [5.41, 5.74) is 3.71. The third-order valence-corrected chi connectivity index (χ3v) is 7.91. The molecule has 0 aliphatic carbocycles. The van der Waals surface area contributed by atoms with Gasteiger partial charge in [0, 0.05) is 42.6 Å². The summed E-state index contributed by atoms with van der Waals surface area (Å²) < 4.78 is 0. The first kappa shape index (κ1) is 28.3. The van der Waals surface area contributed by atoms with Gasteiger partial charge in [-0.2, -0.15) is 11.8 Å². The average Bonchev–Trinajstić information content (AvgIpc) is 2.91. The monoisotopic (exact) mass is 536 g/mol. The molecule has 3 aromatic rings. The van der Waals surface area contributed by atoms with Crippen molar-refractivity contribution >= 4 is 46.2 Å². The van der Waals surface area contributed by atoms with Crippen LogP contribution < -0.4 is 10.2 Å². The van der Waals surface area contributed by atoms with E-state index in [1.54, 1.807) is 24.3 Å². The Balaban J connectivity index is 1.61. The predicted octanol–water partition coefficient (Wildman–Crippen LogP) is 4.99. The first-order valence-corrected chi connectivity index (χ1v) is 14.1. The molecule has 0 fully saturated rings. The molecule has 0 aliphatic heterocycles. The van der Waals surface area contributed by atoms with Crippen molar-refractivity contribution in [1.82, 2.24) is 5.32 Å². The van der Waals surface area contributed by atoms with Crippen molar-refractivity contribution in [3.8, 4) is 0 Å². The molecule has 1 unspecified atom stereocenters. The summed E-state index contributed by atoms with van der Waals surface area (Å²) >= 11 is 2.54. The number of amides is 1. The van der Waals surface area contributed by atoms with Crippen LogP contribution in [-0.2, 0) is 21.8 Å². The van der Waals surface area contributed by atoms with Crippen molar-refractivity contribution in [2.45, 2.75) is 18.2 Å². The Morgan fingerprint density at radius 3 is 2.05 bits per heavy atom. The Morgan fingerprint density at radius 1 is 0.838 bits per heavy atom. The van der Waals surface area contributed by atoms with Gasteiger partial charge in [-0.05, 0) is 29.7 Å². The van der Waals surface area contributed by atoms with Crippen LogP contribution in [-0.4, -0.2) is 53.7 Å². The highest BCUT2D eigenvalue weighted by Gasteiger charge is 2.26. The second-order valence-corrected chi connectivity index (χ2v) is 10.8. The maximum absolute atomic E-state index is 13.2. The predicted molar refractivity (Wildman–Crippen MR) is 153 cm³/mol. The molecule has 194 valence electrons. The highest BCUT2D eigenvalue weighted by Crippen LogP contribution is 2.21. The zero-order chi connectivity index (χ0) is 26.6. The quantitative estimate of drug-likeness (QED) is 0.318. The first-order valence-electron chi connectivity index (χ1n) is 12.0. The van der Waals surface area contributed by atoms with Crippen molar-refractivity contribution in [2.24, 2.45) is 5.92 Å². The van der Waals surface area contributed by atoms with Crippen molar-refractivity contribution in [3.63, 3.8) is 0 Å². The first-order chi connectivity index (χ1) is 17.8. The Bertz CT molecular complexity index is 1160. The molecule has 3 rings (SSSR count). The summed E-state index contributed by atoms with van der Waals surface area (Å²) in [6, 6.07) is 25.5. The zero-order valence-electron chi connectivity index (χ0n) is 21.0. The van der Waals surface area contributed by atoms with Gasteiger partial charge in [0.2, 0.25) is 11.0 Å². The summed E-state index contributed by atoms with van der Waals surface area (Å²) in [7, 11) is 3.95.